The zero-order valence-electron chi connectivity index (χ0n) is 19.0. The molecule has 1 amide bonds. The molecule has 188 valence electrons. The topological polar surface area (TPSA) is 76.5 Å². The number of hydrogen-bond acceptors (Lipinski definition) is 5. The molecular formula is C24H19F5N4O3. The Morgan fingerprint density at radius 3 is 2.47 bits per heavy atom. The van der Waals surface area contributed by atoms with Crippen LogP contribution in [0.3, 0.4) is 0 Å². The van der Waals surface area contributed by atoms with Gasteiger partial charge in [-0.25, -0.2) is 13.6 Å². The molecule has 0 saturated carbocycles. The van der Waals surface area contributed by atoms with Crippen molar-refractivity contribution in [1.29, 1.82) is 0 Å². The first-order valence-corrected chi connectivity index (χ1v) is 10.6. The summed E-state index contributed by atoms with van der Waals surface area (Å²) in [6.07, 6.45) is -1.31. The van der Waals surface area contributed by atoms with Crippen LogP contribution in [0, 0.1) is 11.6 Å². The maximum Gasteiger partial charge on any atom is 0.493 e. The number of hydrogen-bond donors (Lipinski definition) is 1. The van der Waals surface area contributed by atoms with Gasteiger partial charge in [-0.2, -0.15) is 17.9 Å². The van der Waals surface area contributed by atoms with Gasteiger partial charge in [0.25, 0.3) is 5.91 Å². The van der Waals surface area contributed by atoms with Gasteiger partial charge in [0.15, 0.2) is 0 Å². The van der Waals surface area contributed by atoms with Gasteiger partial charge in [-0.3, -0.25) is 9.78 Å². The quantitative estimate of drug-likeness (QED) is 0.532. The van der Waals surface area contributed by atoms with Gasteiger partial charge in [0.05, 0.1) is 22.6 Å². The first-order chi connectivity index (χ1) is 17.0. The molecule has 3 heterocycles. The van der Waals surface area contributed by atoms with Crippen LogP contribution in [-0.4, -0.2) is 48.4 Å². The Morgan fingerprint density at radius 2 is 1.83 bits per heavy atom. The predicted molar refractivity (Wildman–Crippen MR) is 121 cm³/mol. The van der Waals surface area contributed by atoms with E-state index in [0.717, 1.165) is 0 Å². The summed E-state index contributed by atoms with van der Waals surface area (Å²) in [6.45, 7) is 0.146. The van der Waals surface area contributed by atoms with Crippen molar-refractivity contribution in [3.63, 3.8) is 0 Å². The smallest absolute Gasteiger partial charge is 0.377 e. The van der Waals surface area contributed by atoms with E-state index in [1.807, 2.05) is 0 Å². The Hall–Kier alpha value is -4.22. The average molecular weight is 506 g/mol. The van der Waals surface area contributed by atoms with Crippen LogP contribution in [0.4, 0.5) is 27.6 Å². The summed E-state index contributed by atoms with van der Waals surface area (Å²) in [6, 6.07) is 6.49. The monoisotopic (exact) mass is 506 g/mol. The van der Waals surface area contributed by atoms with E-state index in [2.05, 4.69) is 15.1 Å². The number of carbonyl (C=O) groups excluding carboxylic acids is 2. The maximum atomic E-state index is 14.4. The lowest BCUT2D eigenvalue weighted by molar-refractivity contribution is -0.199. The molecule has 36 heavy (non-hydrogen) atoms. The first kappa shape index (κ1) is 24.9. The average Bonchev–Trinajstić information content (AvgIpc) is 3.17. The van der Waals surface area contributed by atoms with Crippen molar-refractivity contribution in [2.75, 3.05) is 25.5 Å². The number of rotatable bonds is 5. The second kappa shape index (κ2) is 9.44. The van der Waals surface area contributed by atoms with Crippen molar-refractivity contribution >= 4 is 29.7 Å². The lowest BCUT2D eigenvalue weighted by Crippen LogP contribution is -2.37. The zero-order chi connectivity index (χ0) is 26.2. The Kier molecular flexibility index (Phi) is 6.53. The van der Waals surface area contributed by atoms with Gasteiger partial charge < -0.3 is 15.1 Å². The van der Waals surface area contributed by atoms with Gasteiger partial charge in [-0.1, -0.05) is 0 Å². The van der Waals surface area contributed by atoms with Crippen molar-refractivity contribution < 1.29 is 36.4 Å². The number of amides is 1. The molecule has 1 N–H and O–H groups in total. The van der Waals surface area contributed by atoms with Crippen LogP contribution in [0.2, 0.25) is 0 Å². The largest absolute Gasteiger partial charge is 0.493 e. The van der Waals surface area contributed by atoms with Crippen molar-refractivity contribution in [2.24, 2.45) is 0 Å². The molecule has 0 radical (unpaired) electrons. The van der Waals surface area contributed by atoms with Crippen LogP contribution in [0.25, 0.3) is 23.4 Å². The molecule has 0 aliphatic carbocycles. The summed E-state index contributed by atoms with van der Waals surface area (Å²) in [5.74, 6) is -4.56. The molecule has 7 nitrogen and oxygen atoms in total. The standard InChI is InChI=1S/C24H19F5N4O3/c1-32(2)15-10-18(25)16(19(26)11-15)4-3-14-9-13(5-7-30-14)21-12-17-20(6-8-31-22(17)34)33(21)36-23(35)24(27,28)29/h3-5,7,9-12H,6,8H2,1-2H3,(H,31,34). The number of alkyl halides is 3. The molecule has 0 atom stereocenters. The molecular weight excluding hydrogens is 487 g/mol. The second-order valence-corrected chi connectivity index (χ2v) is 8.09. The van der Waals surface area contributed by atoms with Crippen LogP contribution < -0.4 is 15.1 Å². The van der Waals surface area contributed by atoms with E-state index in [4.69, 9.17) is 0 Å². The lowest BCUT2D eigenvalue weighted by Gasteiger charge is -2.17. The van der Waals surface area contributed by atoms with Gasteiger partial charge >= 0.3 is 12.1 Å². The summed E-state index contributed by atoms with van der Waals surface area (Å²) in [4.78, 5) is 34.1. The van der Waals surface area contributed by atoms with Crippen LogP contribution in [0.1, 0.15) is 27.3 Å². The third-order valence-electron chi connectivity index (χ3n) is 5.43. The van der Waals surface area contributed by atoms with E-state index < -0.39 is 29.7 Å². The fourth-order valence-corrected chi connectivity index (χ4v) is 3.65. The molecule has 0 fully saturated rings. The van der Waals surface area contributed by atoms with Crippen molar-refractivity contribution in [3.8, 4) is 11.3 Å². The number of nitrogens with one attached hydrogen (secondary N) is 1. The number of pyridine rings is 1. The van der Waals surface area contributed by atoms with Gasteiger partial charge in [0.1, 0.15) is 11.6 Å². The summed E-state index contributed by atoms with van der Waals surface area (Å²) in [7, 11) is 3.28. The van der Waals surface area contributed by atoms with Crippen LogP contribution in [0.5, 0.6) is 0 Å². The minimum atomic E-state index is -5.26. The highest BCUT2D eigenvalue weighted by Crippen LogP contribution is 2.29. The molecule has 0 unspecified atom stereocenters. The highest BCUT2D eigenvalue weighted by molar-refractivity contribution is 5.98. The van der Waals surface area contributed by atoms with E-state index in [1.54, 1.807) is 19.0 Å². The second-order valence-electron chi connectivity index (χ2n) is 8.09. The van der Waals surface area contributed by atoms with E-state index >= 15 is 0 Å². The number of nitrogens with zero attached hydrogens (tertiary/aromatic N) is 3. The van der Waals surface area contributed by atoms with Crippen molar-refractivity contribution in [3.05, 3.63) is 70.7 Å². The number of carbonyl (C=O) groups is 2. The minimum Gasteiger partial charge on any atom is -0.377 e. The molecule has 0 bridgehead atoms. The lowest BCUT2D eigenvalue weighted by atomic mass is 10.1. The highest BCUT2D eigenvalue weighted by atomic mass is 19.4. The van der Waals surface area contributed by atoms with E-state index in [1.165, 1.54) is 48.7 Å². The van der Waals surface area contributed by atoms with Crippen LogP contribution in [0.15, 0.2) is 36.5 Å². The Labute approximate surface area is 201 Å². The summed E-state index contributed by atoms with van der Waals surface area (Å²) >= 11 is 0. The molecule has 2 aromatic heterocycles. The summed E-state index contributed by atoms with van der Waals surface area (Å²) < 4.78 is 68.2. The number of fused-ring (bicyclic) bond motifs is 1. The number of anilines is 1. The Balaban J connectivity index is 1.73. The third-order valence-corrected chi connectivity index (χ3v) is 5.43. The van der Waals surface area contributed by atoms with Crippen molar-refractivity contribution in [1.82, 2.24) is 15.0 Å². The molecule has 12 heteroatoms. The third kappa shape index (κ3) is 4.92. The molecule has 1 aliphatic heterocycles. The van der Waals surface area contributed by atoms with Crippen LogP contribution >= 0.6 is 0 Å². The van der Waals surface area contributed by atoms with E-state index in [-0.39, 0.29) is 46.7 Å². The van der Waals surface area contributed by atoms with E-state index in [0.29, 0.717) is 10.4 Å². The van der Waals surface area contributed by atoms with Gasteiger partial charge in [0.2, 0.25) is 0 Å². The fraction of sp³-hybridized carbons (Fsp3) is 0.208. The number of benzene rings is 1. The molecule has 4 rings (SSSR count). The molecule has 0 saturated heterocycles. The number of halogens is 5. The van der Waals surface area contributed by atoms with Gasteiger partial charge in [0, 0.05) is 50.1 Å². The van der Waals surface area contributed by atoms with Crippen LogP contribution in [-0.2, 0) is 11.2 Å². The normalized spacial score (nSPS) is 13.5. The van der Waals surface area contributed by atoms with Crippen molar-refractivity contribution in [2.45, 2.75) is 12.6 Å². The van der Waals surface area contributed by atoms with Gasteiger partial charge in [-0.05, 0) is 42.5 Å². The van der Waals surface area contributed by atoms with Gasteiger partial charge in [-0.15, -0.1) is 0 Å². The molecule has 1 aromatic carbocycles. The number of aromatic nitrogens is 2. The highest BCUT2D eigenvalue weighted by Gasteiger charge is 2.43. The molecule has 0 spiro atoms. The molecule has 1 aliphatic rings. The SMILES string of the molecule is CN(C)c1cc(F)c(C=Cc2cc(-c3cc4c(n3OC(=O)C(F)(F)F)CCNC4=O)ccn2)c(F)c1. The minimum absolute atomic E-state index is 0.000558. The fourth-order valence-electron chi connectivity index (χ4n) is 3.65. The molecule has 3 aromatic rings. The summed E-state index contributed by atoms with van der Waals surface area (Å²) in [5.41, 5.74) is 0.660. The Morgan fingerprint density at radius 1 is 1.14 bits per heavy atom. The Bertz CT molecular complexity index is 1360. The van der Waals surface area contributed by atoms with E-state index in [9.17, 15) is 31.5 Å². The maximum absolute atomic E-state index is 14.4. The first-order valence-electron chi connectivity index (χ1n) is 10.6. The summed E-state index contributed by atoms with van der Waals surface area (Å²) in [5, 5.41) is 2.57. The zero-order valence-corrected chi connectivity index (χ0v) is 19.0. The predicted octanol–water partition coefficient (Wildman–Crippen LogP) is 3.87.